The fourth-order valence-corrected chi connectivity index (χ4v) is 3.79. The lowest BCUT2D eigenvalue weighted by Crippen LogP contribution is -2.15. The number of amides is 1. The summed E-state index contributed by atoms with van der Waals surface area (Å²) in [4.78, 5) is 13.1. The lowest BCUT2D eigenvalue weighted by Gasteiger charge is -2.18. The smallest absolute Gasteiger partial charge is 0.250 e. The summed E-state index contributed by atoms with van der Waals surface area (Å²) in [6.07, 6.45) is 3.17. The van der Waals surface area contributed by atoms with Crippen LogP contribution >= 0.6 is 22.7 Å². The van der Waals surface area contributed by atoms with E-state index in [1.165, 1.54) is 17.4 Å². The molecule has 1 aliphatic heterocycles. The van der Waals surface area contributed by atoms with Crippen LogP contribution in [0.4, 0.5) is 5.13 Å². The number of hydrogen-bond donors (Lipinski definition) is 1. The van der Waals surface area contributed by atoms with E-state index in [0.717, 1.165) is 21.2 Å². The lowest BCUT2D eigenvalue weighted by atomic mass is 10.2. The fourth-order valence-electron chi connectivity index (χ4n) is 2.26. The maximum absolute atomic E-state index is 12.1. The third-order valence-electron chi connectivity index (χ3n) is 3.38. The van der Waals surface area contributed by atoms with E-state index < -0.39 is 0 Å². The molecule has 1 aliphatic rings. The van der Waals surface area contributed by atoms with Crippen LogP contribution in [0.1, 0.15) is 5.56 Å². The van der Waals surface area contributed by atoms with Gasteiger partial charge in [-0.1, -0.05) is 23.5 Å². The number of nitrogens with one attached hydrogen (secondary N) is 1. The number of carbonyl (C=O) groups is 1. The van der Waals surface area contributed by atoms with Crippen LogP contribution in [0.15, 0.2) is 41.8 Å². The van der Waals surface area contributed by atoms with Gasteiger partial charge in [0.05, 0.1) is 4.88 Å². The Kier molecular flexibility index (Phi) is 4.45. The molecule has 2 aromatic heterocycles. The minimum Gasteiger partial charge on any atom is -0.486 e. The van der Waals surface area contributed by atoms with Gasteiger partial charge in [-0.15, -0.1) is 21.5 Å². The van der Waals surface area contributed by atoms with Crippen molar-refractivity contribution in [1.29, 1.82) is 0 Å². The predicted molar refractivity (Wildman–Crippen MR) is 98.3 cm³/mol. The van der Waals surface area contributed by atoms with E-state index in [1.807, 2.05) is 35.7 Å². The Balaban J connectivity index is 1.41. The Hall–Kier alpha value is -2.71. The van der Waals surface area contributed by atoms with Gasteiger partial charge in [0.25, 0.3) is 0 Å². The molecule has 0 unspecified atom stereocenters. The zero-order valence-corrected chi connectivity index (χ0v) is 14.6. The normalized spacial score (nSPS) is 13.1. The monoisotopic (exact) mass is 371 g/mol. The molecule has 3 aromatic rings. The van der Waals surface area contributed by atoms with Crippen molar-refractivity contribution in [2.45, 2.75) is 0 Å². The summed E-state index contributed by atoms with van der Waals surface area (Å²) in [7, 11) is 0. The van der Waals surface area contributed by atoms with Gasteiger partial charge >= 0.3 is 0 Å². The number of hydrogen-bond acceptors (Lipinski definition) is 7. The first kappa shape index (κ1) is 15.8. The van der Waals surface area contributed by atoms with Crippen molar-refractivity contribution >= 4 is 39.8 Å². The van der Waals surface area contributed by atoms with Gasteiger partial charge in [0.2, 0.25) is 11.0 Å². The maximum atomic E-state index is 12.1. The Morgan fingerprint density at radius 3 is 2.88 bits per heavy atom. The highest BCUT2D eigenvalue weighted by molar-refractivity contribution is 7.23. The highest BCUT2D eigenvalue weighted by Gasteiger charge is 2.11. The highest BCUT2D eigenvalue weighted by Crippen LogP contribution is 2.31. The van der Waals surface area contributed by atoms with Crippen LogP contribution < -0.4 is 14.8 Å². The summed E-state index contributed by atoms with van der Waals surface area (Å²) in [6.45, 7) is 1.09. The third-order valence-corrected chi connectivity index (χ3v) is 5.26. The molecule has 8 heteroatoms. The van der Waals surface area contributed by atoms with E-state index in [1.54, 1.807) is 17.4 Å². The summed E-state index contributed by atoms with van der Waals surface area (Å²) in [5, 5.41) is 14.1. The largest absolute Gasteiger partial charge is 0.486 e. The highest BCUT2D eigenvalue weighted by atomic mass is 32.1. The second kappa shape index (κ2) is 7.04. The van der Waals surface area contributed by atoms with Crippen LogP contribution in [-0.2, 0) is 4.79 Å². The number of nitrogens with zero attached hydrogens (tertiary/aromatic N) is 2. The topological polar surface area (TPSA) is 73.3 Å². The molecule has 1 N–H and O–H groups in total. The van der Waals surface area contributed by atoms with Crippen LogP contribution in [0.25, 0.3) is 16.0 Å². The molecule has 1 amide bonds. The zero-order valence-electron chi connectivity index (χ0n) is 13.0. The number of carbonyl (C=O) groups excluding carboxylic acids is 1. The molecule has 0 saturated heterocycles. The van der Waals surface area contributed by atoms with Crippen LogP contribution in [0, 0.1) is 0 Å². The average Bonchev–Trinajstić information content (AvgIpc) is 3.31. The van der Waals surface area contributed by atoms with Gasteiger partial charge < -0.3 is 9.47 Å². The Morgan fingerprint density at radius 1 is 1.16 bits per heavy atom. The summed E-state index contributed by atoms with van der Waals surface area (Å²) in [5.41, 5.74) is 0.857. The van der Waals surface area contributed by atoms with Gasteiger partial charge in [0.1, 0.15) is 13.2 Å². The van der Waals surface area contributed by atoms with Gasteiger partial charge in [-0.2, -0.15) is 0 Å². The molecule has 0 spiro atoms. The van der Waals surface area contributed by atoms with Crippen molar-refractivity contribution in [2.75, 3.05) is 18.5 Å². The van der Waals surface area contributed by atoms with E-state index in [2.05, 4.69) is 15.5 Å². The van der Waals surface area contributed by atoms with Crippen molar-refractivity contribution < 1.29 is 14.3 Å². The van der Waals surface area contributed by atoms with Gasteiger partial charge in [0.15, 0.2) is 16.5 Å². The number of rotatable bonds is 4. The number of ether oxygens (including phenoxy) is 2. The third kappa shape index (κ3) is 3.70. The molecule has 0 atom stereocenters. The van der Waals surface area contributed by atoms with Crippen LogP contribution in [-0.4, -0.2) is 29.3 Å². The summed E-state index contributed by atoms with van der Waals surface area (Å²) < 4.78 is 11.0. The molecule has 6 nitrogen and oxygen atoms in total. The number of fused-ring (bicyclic) bond motifs is 1. The molecule has 0 bridgehead atoms. The SMILES string of the molecule is O=C(/C=C\c1ccc2c(c1)OCCO2)Nc1nnc(-c2cccs2)s1. The summed E-state index contributed by atoms with van der Waals surface area (Å²) in [5.74, 6) is 1.16. The number of aromatic nitrogens is 2. The van der Waals surface area contributed by atoms with E-state index in [9.17, 15) is 4.79 Å². The second-order valence-corrected chi connectivity index (χ2v) is 7.04. The number of anilines is 1. The molecule has 1 aromatic carbocycles. The molecule has 3 heterocycles. The minimum absolute atomic E-state index is 0.260. The molecular formula is C17H13N3O3S2. The van der Waals surface area contributed by atoms with Gasteiger partial charge in [-0.3, -0.25) is 10.1 Å². The predicted octanol–water partition coefficient (Wildman–Crippen LogP) is 3.69. The van der Waals surface area contributed by atoms with Crippen molar-refractivity contribution in [3.8, 4) is 21.4 Å². The van der Waals surface area contributed by atoms with Gasteiger partial charge in [0, 0.05) is 6.08 Å². The average molecular weight is 371 g/mol. The molecular weight excluding hydrogens is 358 g/mol. The van der Waals surface area contributed by atoms with E-state index in [0.29, 0.717) is 24.1 Å². The molecule has 0 saturated carbocycles. The van der Waals surface area contributed by atoms with E-state index >= 15 is 0 Å². The molecule has 0 radical (unpaired) electrons. The molecule has 25 heavy (non-hydrogen) atoms. The molecule has 4 rings (SSSR count). The first-order chi connectivity index (χ1) is 12.3. The summed E-state index contributed by atoms with van der Waals surface area (Å²) >= 11 is 2.93. The number of benzene rings is 1. The van der Waals surface area contributed by atoms with Crippen molar-refractivity contribution in [1.82, 2.24) is 10.2 Å². The maximum Gasteiger partial charge on any atom is 0.250 e. The standard InChI is InChI=1S/C17H13N3O3S2/c21-15(18-17-20-19-16(25-17)14-2-1-9-24-14)6-4-11-3-5-12-13(10-11)23-8-7-22-12/h1-6,9-10H,7-8H2,(H,18,20,21)/b6-4-. The van der Waals surface area contributed by atoms with Crippen LogP contribution in [0.2, 0.25) is 0 Å². The Labute approximate surface area is 151 Å². The minimum atomic E-state index is -0.260. The molecule has 126 valence electrons. The first-order valence-corrected chi connectivity index (χ1v) is 9.24. The van der Waals surface area contributed by atoms with E-state index in [4.69, 9.17) is 9.47 Å². The summed E-state index contributed by atoms with van der Waals surface area (Å²) in [6, 6.07) is 9.48. The van der Waals surface area contributed by atoms with Crippen molar-refractivity contribution in [2.24, 2.45) is 0 Å². The molecule has 0 fully saturated rings. The number of thiophene rings is 1. The quantitative estimate of drug-likeness (QED) is 0.708. The Morgan fingerprint density at radius 2 is 2.04 bits per heavy atom. The van der Waals surface area contributed by atoms with Crippen LogP contribution in [0.3, 0.4) is 0 Å². The van der Waals surface area contributed by atoms with Crippen LogP contribution in [0.5, 0.6) is 11.5 Å². The Bertz CT molecular complexity index is 919. The van der Waals surface area contributed by atoms with Gasteiger partial charge in [-0.25, -0.2) is 0 Å². The second-order valence-electron chi connectivity index (χ2n) is 5.12. The zero-order chi connectivity index (χ0) is 17.1. The lowest BCUT2D eigenvalue weighted by molar-refractivity contribution is -0.111. The van der Waals surface area contributed by atoms with Crippen molar-refractivity contribution in [3.05, 3.63) is 47.4 Å². The first-order valence-electron chi connectivity index (χ1n) is 7.54. The molecule has 0 aliphatic carbocycles. The fraction of sp³-hybridized carbons (Fsp3) is 0.118. The van der Waals surface area contributed by atoms with Crippen molar-refractivity contribution in [3.63, 3.8) is 0 Å². The van der Waals surface area contributed by atoms with Gasteiger partial charge in [-0.05, 0) is 35.2 Å². The van der Waals surface area contributed by atoms with E-state index in [-0.39, 0.29) is 5.91 Å².